The van der Waals surface area contributed by atoms with E-state index in [-0.39, 0.29) is 36.9 Å². The first-order valence-corrected chi connectivity index (χ1v) is 13.1. The number of ether oxygens (including phenoxy) is 1. The second-order valence-electron chi connectivity index (χ2n) is 7.14. The summed E-state index contributed by atoms with van der Waals surface area (Å²) in [5.74, 6) is -0.233. The molecule has 0 radical (unpaired) electrons. The summed E-state index contributed by atoms with van der Waals surface area (Å²) >= 11 is 1.25. The van der Waals surface area contributed by atoms with Crippen LogP contribution >= 0.6 is 11.3 Å². The SMILES string of the molecule is CCN(CCO)S(=O)(=O)c1ccc(C(=NOCc2ncccn2)C(=O)Nc2ncc(COC)s2)cc1. The largest absolute Gasteiger partial charge is 0.395 e. The highest BCUT2D eigenvalue weighted by Crippen LogP contribution is 2.20. The lowest BCUT2D eigenvalue weighted by atomic mass is 10.1. The number of likely N-dealkylation sites (N-methyl/N-ethyl adjacent to an activating group) is 1. The van der Waals surface area contributed by atoms with Crippen LogP contribution in [0.15, 0.2) is 59.0 Å². The Morgan fingerprint density at radius 1 is 1.17 bits per heavy atom. The van der Waals surface area contributed by atoms with Gasteiger partial charge in [-0.2, -0.15) is 4.31 Å². The van der Waals surface area contributed by atoms with Gasteiger partial charge < -0.3 is 14.7 Å². The van der Waals surface area contributed by atoms with Crippen molar-refractivity contribution in [2.45, 2.75) is 25.0 Å². The molecule has 36 heavy (non-hydrogen) atoms. The van der Waals surface area contributed by atoms with Crippen LogP contribution in [0.2, 0.25) is 0 Å². The number of hydrogen-bond acceptors (Lipinski definition) is 11. The van der Waals surface area contributed by atoms with Crippen molar-refractivity contribution in [1.82, 2.24) is 19.3 Å². The lowest BCUT2D eigenvalue weighted by Gasteiger charge is -2.19. The molecule has 1 aromatic carbocycles. The van der Waals surface area contributed by atoms with Crippen molar-refractivity contribution < 1.29 is 27.9 Å². The van der Waals surface area contributed by atoms with Crippen molar-refractivity contribution in [1.29, 1.82) is 0 Å². The first-order chi connectivity index (χ1) is 17.4. The number of carbonyl (C=O) groups is 1. The third-order valence-corrected chi connectivity index (χ3v) is 7.59. The zero-order valence-electron chi connectivity index (χ0n) is 19.7. The fourth-order valence-electron chi connectivity index (χ4n) is 3.01. The lowest BCUT2D eigenvalue weighted by molar-refractivity contribution is -0.110. The third-order valence-electron chi connectivity index (χ3n) is 4.71. The van der Waals surface area contributed by atoms with Crippen LogP contribution in [-0.2, 0) is 37.6 Å². The molecule has 0 saturated heterocycles. The lowest BCUT2D eigenvalue weighted by Crippen LogP contribution is -2.33. The first-order valence-electron chi connectivity index (χ1n) is 10.8. The molecular formula is C22H26N6O6S2. The number of amides is 1. The van der Waals surface area contributed by atoms with Crippen LogP contribution in [0.1, 0.15) is 23.2 Å². The van der Waals surface area contributed by atoms with Gasteiger partial charge in [0.15, 0.2) is 23.3 Å². The van der Waals surface area contributed by atoms with Crippen molar-refractivity contribution in [3.63, 3.8) is 0 Å². The molecule has 0 unspecified atom stereocenters. The van der Waals surface area contributed by atoms with Crippen LogP contribution in [0.25, 0.3) is 0 Å². The number of aromatic nitrogens is 3. The number of aliphatic hydroxyl groups excluding tert-OH is 1. The average Bonchev–Trinajstić information content (AvgIpc) is 3.32. The number of sulfonamides is 1. The van der Waals surface area contributed by atoms with E-state index in [2.05, 4.69) is 25.4 Å². The molecule has 3 aromatic rings. The fourth-order valence-corrected chi connectivity index (χ4v) is 5.23. The molecule has 0 aliphatic heterocycles. The number of rotatable bonds is 13. The van der Waals surface area contributed by atoms with Crippen LogP contribution in [0.5, 0.6) is 0 Å². The van der Waals surface area contributed by atoms with Gasteiger partial charge >= 0.3 is 0 Å². The molecule has 0 fully saturated rings. The summed E-state index contributed by atoms with van der Waals surface area (Å²) in [4.78, 5) is 31.5. The molecule has 2 aromatic heterocycles. The van der Waals surface area contributed by atoms with Crippen LogP contribution in [-0.4, -0.2) is 71.2 Å². The number of benzene rings is 1. The van der Waals surface area contributed by atoms with E-state index in [1.54, 1.807) is 38.7 Å². The molecule has 1 amide bonds. The molecule has 3 rings (SSSR count). The second-order valence-corrected chi connectivity index (χ2v) is 10.2. The maximum atomic E-state index is 13.1. The summed E-state index contributed by atoms with van der Waals surface area (Å²) < 4.78 is 31.9. The van der Waals surface area contributed by atoms with Gasteiger partial charge in [0.1, 0.15) is 0 Å². The highest BCUT2D eigenvalue weighted by molar-refractivity contribution is 7.89. The third kappa shape index (κ3) is 7.11. The molecular weight excluding hydrogens is 508 g/mol. The minimum atomic E-state index is -3.82. The van der Waals surface area contributed by atoms with Crippen molar-refractivity contribution in [3.8, 4) is 0 Å². The van der Waals surface area contributed by atoms with E-state index in [4.69, 9.17) is 9.57 Å². The van der Waals surface area contributed by atoms with Crippen LogP contribution < -0.4 is 5.32 Å². The van der Waals surface area contributed by atoms with E-state index in [0.29, 0.717) is 23.1 Å². The Kier molecular flexibility index (Phi) is 9.95. The fraction of sp³-hybridized carbons (Fsp3) is 0.318. The molecule has 192 valence electrons. The number of nitrogens with one attached hydrogen (secondary N) is 1. The summed E-state index contributed by atoms with van der Waals surface area (Å²) in [6, 6.07) is 7.31. The topological polar surface area (TPSA) is 156 Å². The van der Waals surface area contributed by atoms with Crippen LogP contribution in [0.4, 0.5) is 5.13 Å². The summed E-state index contributed by atoms with van der Waals surface area (Å²) in [6.45, 7) is 1.84. The summed E-state index contributed by atoms with van der Waals surface area (Å²) in [5.41, 5.74) is 0.223. The quantitative estimate of drug-likeness (QED) is 0.246. The zero-order chi connectivity index (χ0) is 26.0. The smallest absolute Gasteiger partial charge is 0.280 e. The predicted molar refractivity (Wildman–Crippen MR) is 133 cm³/mol. The van der Waals surface area contributed by atoms with E-state index < -0.39 is 15.9 Å². The Bertz CT molecular complexity index is 1270. The number of aliphatic hydroxyl groups is 1. The van der Waals surface area contributed by atoms with E-state index in [9.17, 15) is 18.3 Å². The van der Waals surface area contributed by atoms with Crippen molar-refractivity contribution in [2.24, 2.45) is 5.16 Å². The Hall–Kier alpha value is -3.30. The average molecular weight is 535 g/mol. The zero-order valence-corrected chi connectivity index (χ0v) is 21.3. The molecule has 0 spiro atoms. The molecule has 12 nitrogen and oxygen atoms in total. The minimum Gasteiger partial charge on any atom is -0.395 e. The van der Waals surface area contributed by atoms with Gasteiger partial charge in [-0.1, -0.05) is 35.5 Å². The van der Waals surface area contributed by atoms with Gasteiger partial charge in [0, 0.05) is 44.4 Å². The standard InChI is InChI=1S/C22H26N6O6S2/c1-3-28(11-12-29)36(31,32)18-7-5-16(6-8-18)20(27-34-15-19-23-9-4-10-24-19)21(30)26-22-25-13-17(35-22)14-33-2/h4-10,13,29H,3,11-12,14-15H2,1-2H3,(H,25,26,30). The molecule has 0 aliphatic rings. The number of carbonyl (C=O) groups excluding carboxylic acids is 1. The predicted octanol–water partition coefficient (Wildman–Crippen LogP) is 1.64. The van der Waals surface area contributed by atoms with Gasteiger partial charge in [-0.3, -0.25) is 10.1 Å². The first kappa shape index (κ1) is 27.3. The highest BCUT2D eigenvalue weighted by atomic mass is 32.2. The Morgan fingerprint density at radius 3 is 2.53 bits per heavy atom. The Labute approximate surface area is 212 Å². The molecule has 0 bridgehead atoms. The Morgan fingerprint density at radius 2 is 1.89 bits per heavy atom. The number of nitrogens with zero attached hydrogens (tertiary/aromatic N) is 5. The van der Waals surface area contributed by atoms with Gasteiger partial charge in [0.05, 0.1) is 23.0 Å². The van der Waals surface area contributed by atoms with Crippen LogP contribution in [0, 0.1) is 0 Å². The van der Waals surface area contributed by atoms with E-state index in [0.717, 1.165) is 9.18 Å². The summed E-state index contributed by atoms with van der Waals surface area (Å²) in [6.07, 6.45) is 4.70. The Balaban J connectivity index is 1.86. The maximum Gasteiger partial charge on any atom is 0.280 e. The second kappa shape index (κ2) is 13.1. The molecule has 0 aliphatic carbocycles. The van der Waals surface area contributed by atoms with Gasteiger partial charge in [0.25, 0.3) is 5.91 Å². The van der Waals surface area contributed by atoms with Crippen LogP contribution in [0.3, 0.4) is 0 Å². The minimum absolute atomic E-state index is 0.0176. The van der Waals surface area contributed by atoms with Gasteiger partial charge in [-0.25, -0.2) is 23.4 Å². The molecule has 14 heteroatoms. The number of thiazole rings is 1. The van der Waals surface area contributed by atoms with Crippen molar-refractivity contribution in [2.75, 3.05) is 32.1 Å². The summed E-state index contributed by atoms with van der Waals surface area (Å²) in [7, 11) is -2.26. The van der Waals surface area contributed by atoms with Gasteiger partial charge in [0.2, 0.25) is 10.0 Å². The molecule has 2 heterocycles. The number of methoxy groups -OCH3 is 1. The van der Waals surface area contributed by atoms with Crippen molar-refractivity contribution in [3.05, 3.63) is 65.2 Å². The summed E-state index contributed by atoms with van der Waals surface area (Å²) in [5, 5.41) is 16.2. The normalized spacial score (nSPS) is 12.1. The van der Waals surface area contributed by atoms with Gasteiger partial charge in [-0.15, -0.1) is 0 Å². The monoisotopic (exact) mass is 534 g/mol. The number of oxime groups is 1. The van der Waals surface area contributed by atoms with E-state index in [1.165, 1.54) is 35.6 Å². The molecule has 2 N–H and O–H groups in total. The number of hydrogen-bond donors (Lipinski definition) is 2. The molecule has 0 saturated carbocycles. The number of anilines is 1. The van der Waals surface area contributed by atoms with Crippen molar-refractivity contribution >= 4 is 38.1 Å². The molecule has 0 atom stereocenters. The van der Waals surface area contributed by atoms with Gasteiger partial charge in [-0.05, 0) is 18.2 Å². The highest BCUT2D eigenvalue weighted by Gasteiger charge is 2.24. The van der Waals surface area contributed by atoms with E-state index >= 15 is 0 Å². The maximum absolute atomic E-state index is 13.1. The van der Waals surface area contributed by atoms with E-state index in [1.807, 2.05) is 0 Å².